The van der Waals surface area contributed by atoms with E-state index in [1.165, 1.54) is 25.7 Å². The average Bonchev–Trinajstić information content (AvgIpc) is 3.01. The Labute approximate surface area is 122 Å². The van der Waals surface area contributed by atoms with Gasteiger partial charge in [0.2, 0.25) is 0 Å². The van der Waals surface area contributed by atoms with E-state index >= 15 is 0 Å². The Morgan fingerprint density at radius 1 is 1.25 bits per heavy atom. The fourth-order valence-corrected chi connectivity index (χ4v) is 4.31. The van der Waals surface area contributed by atoms with Crippen LogP contribution in [0.2, 0.25) is 0 Å². The molecule has 4 heteroatoms. The first-order valence-electron chi connectivity index (χ1n) is 8.22. The van der Waals surface area contributed by atoms with E-state index in [9.17, 15) is 0 Å². The van der Waals surface area contributed by atoms with Crippen LogP contribution in [-0.4, -0.2) is 43.8 Å². The molecular weight excluding hydrogens is 254 g/mol. The van der Waals surface area contributed by atoms with Crippen molar-refractivity contribution in [2.75, 3.05) is 19.8 Å². The summed E-state index contributed by atoms with van der Waals surface area (Å²) in [6, 6.07) is 0.605. The van der Waals surface area contributed by atoms with E-state index in [0.29, 0.717) is 24.2 Å². The molecule has 2 aliphatic carbocycles. The predicted molar refractivity (Wildman–Crippen MR) is 77.6 cm³/mol. The Kier molecular flexibility index (Phi) is 4.10. The Balaban J connectivity index is 1.51. The molecule has 4 nitrogen and oxygen atoms in total. The van der Waals surface area contributed by atoms with Gasteiger partial charge in [-0.3, -0.25) is 0 Å². The summed E-state index contributed by atoms with van der Waals surface area (Å²) >= 11 is 0. The van der Waals surface area contributed by atoms with Crippen molar-refractivity contribution in [2.45, 2.75) is 76.9 Å². The highest BCUT2D eigenvalue weighted by molar-refractivity contribution is 5.10. The molecule has 3 unspecified atom stereocenters. The van der Waals surface area contributed by atoms with Crippen LogP contribution in [0.15, 0.2) is 0 Å². The van der Waals surface area contributed by atoms with Gasteiger partial charge in [-0.2, -0.15) is 0 Å². The zero-order valence-corrected chi connectivity index (χ0v) is 13.1. The van der Waals surface area contributed by atoms with E-state index in [2.05, 4.69) is 12.2 Å². The first-order valence-corrected chi connectivity index (χ1v) is 8.22. The summed E-state index contributed by atoms with van der Waals surface area (Å²) in [5.41, 5.74) is 0.408. The van der Waals surface area contributed by atoms with Crippen LogP contribution in [0.5, 0.6) is 0 Å². The normalized spacial score (nSPS) is 38.2. The van der Waals surface area contributed by atoms with Gasteiger partial charge in [0.25, 0.3) is 0 Å². The summed E-state index contributed by atoms with van der Waals surface area (Å²) in [5, 5.41) is 3.73. The first kappa shape index (κ1) is 14.8. The summed E-state index contributed by atoms with van der Waals surface area (Å²) in [6.07, 6.45) is 7.19. The third kappa shape index (κ3) is 2.63. The molecule has 20 heavy (non-hydrogen) atoms. The van der Waals surface area contributed by atoms with Gasteiger partial charge >= 0.3 is 0 Å². The van der Waals surface area contributed by atoms with Crippen molar-refractivity contribution < 1.29 is 14.2 Å². The van der Waals surface area contributed by atoms with E-state index in [4.69, 9.17) is 14.2 Å². The van der Waals surface area contributed by atoms with E-state index < -0.39 is 5.79 Å². The van der Waals surface area contributed by atoms with Gasteiger partial charge in [0.05, 0.1) is 18.8 Å². The number of rotatable bonds is 5. The zero-order chi connectivity index (χ0) is 14.2. The van der Waals surface area contributed by atoms with E-state index in [1.54, 1.807) is 0 Å². The van der Waals surface area contributed by atoms with Crippen molar-refractivity contribution >= 4 is 0 Å². The third-order valence-electron chi connectivity index (χ3n) is 5.35. The van der Waals surface area contributed by atoms with Gasteiger partial charge in [0.15, 0.2) is 5.79 Å². The molecule has 3 atom stereocenters. The second kappa shape index (κ2) is 5.56. The van der Waals surface area contributed by atoms with Crippen molar-refractivity contribution in [3.05, 3.63) is 0 Å². The van der Waals surface area contributed by atoms with E-state index in [1.807, 2.05) is 13.8 Å². The zero-order valence-electron chi connectivity index (χ0n) is 13.1. The summed E-state index contributed by atoms with van der Waals surface area (Å²) in [5.74, 6) is -0.412. The van der Waals surface area contributed by atoms with Crippen molar-refractivity contribution in [3.8, 4) is 0 Å². The van der Waals surface area contributed by atoms with Crippen molar-refractivity contribution in [1.82, 2.24) is 5.32 Å². The molecule has 0 aromatic carbocycles. The smallest absolute Gasteiger partial charge is 0.163 e. The van der Waals surface area contributed by atoms with Gasteiger partial charge in [-0.05, 0) is 40.0 Å². The molecular formula is C16H29NO3. The van der Waals surface area contributed by atoms with E-state index in [0.717, 1.165) is 19.6 Å². The molecule has 1 N–H and O–H groups in total. The van der Waals surface area contributed by atoms with Crippen LogP contribution >= 0.6 is 0 Å². The monoisotopic (exact) mass is 283 g/mol. The number of nitrogens with one attached hydrogen (secondary N) is 1. The van der Waals surface area contributed by atoms with Crippen molar-refractivity contribution in [2.24, 2.45) is 5.41 Å². The van der Waals surface area contributed by atoms with Crippen LogP contribution in [0.25, 0.3) is 0 Å². The number of hydrogen-bond acceptors (Lipinski definition) is 4. The first-order chi connectivity index (χ1) is 9.56. The van der Waals surface area contributed by atoms with Crippen LogP contribution in [0.3, 0.4) is 0 Å². The van der Waals surface area contributed by atoms with E-state index in [-0.39, 0.29) is 6.10 Å². The molecule has 0 bridgehead atoms. The Bertz CT molecular complexity index is 339. The minimum Gasteiger partial charge on any atom is -0.378 e. The molecule has 1 saturated heterocycles. The largest absolute Gasteiger partial charge is 0.378 e. The minimum atomic E-state index is -0.412. The molecule has 1 aliphatic heterocycles. The minimum absolute atomic E-state index is 0.189. The lowest BCUT2D eigenvalue weighted by molar-refractivity contribution is -0.145. The lowest BCUT2D eigenvalue weighted by atomic mass is 9.60. The molecule has 3 fully saturated rings. The van der Waals surface area contributed by atoms with Crippen LogP contribution in [-0.2, 0) is 14.2 Å². The maximum Gasteiger partial charge on any atom is 0.163 e. The molecule has 1 spiro atoms. The SMILES string of the molecule is CCOC1CC(NCC2COC(C)(C)O2)C12CCCC2. The fraction of sp³-hybridized carbons (Fsp3) is 1.00. The predicted octanol–water partition coefficient (Wildman–Crippen LogP) is 2.47. The molecule has 0 aromatic heterocycles. The molecule has 3 aliphatic rings. The Morgan fingerprint density at radius 2 is 2.00 bits per heavy atom. The summed E-state index contributed by atoms with van der Waals surface area (Å²) in [7, 11) is 0. The summed E-state index contributed by atoms with van der Waals surface area (Å²) < 4.78 is 17.5. The van der Waals surface area contributed by atoms with Crippen molar-refractivity contribution in [3.63, 3.8) is 0 Å². The Hall–Kier alpha value is -0.160. The fourth-order valence-electron chi connectivity index (χ4n) is 4.31. The van der Waals surface area contributed by atoms with Crippen LogP contribution < -0.4 is 5.32 Å². The second-order valence-corrected chi connectivity index (χ2v) is 7.03. The van der Waals surface area contributed by atoms with Crippen LogP contribution in [0.4, 0.5) is 0 Å². The van der Waals surface area contributed by atoms with Gasteiger partial charge in [-0.15, -0.1) is 0 Å². The highest BCUT2D eigenvalue weighted by Gasteiger charge is 2.56. The summed E-state index contributed by atoms with van der Waals surface area (Å²) in [4.78, 5) is 0. The highest BCUT2D eigenvalue weighted by atomic mass is 16.7. The molecule has 3 rings (SSSR count). The second-order valence-electron chi connectivity index (χ2n) is 7.03. The maximum atomic E-state index is 5.95. The average molecular weight is 283 g/mol. The quantitative estimate of drug-likeness (QED) is 0.841. The molecule has 0 radical (unpaired) electrons. The molecule has 0 amide bonds. The lowest BCUT2D eigenvalue weighted by Crippen LogP contribution is -2.63. The van der Waals surface area contributed by atoms with Gasteiger partial charge in [0.1, 0.15) is 0 Å². The number of ether oxygens (including phenoxy) is 3. The standard InChI is InChI=1S/C16H29NO3/c1-4-18-14-9-13(16(14)7-5-6-8-16)17-10-12-11-19-15(2,3)20-12/h12-14,17H,4-11H2,1-3H3. The van der Waals surface area contributed by atoms with Crippen molar-refractivity contribution in [1.29, 1.82) is 0 Å². The topological polar surface area (TPSA) is 39.7 Å². The van der Waals surface area contributed by atoms with Crippen LogP contribution in [0.1, 0.15) is 52.9 Å². The highest BCUT2D eigenvalue weighted by Crippen LogP contribution is 2.54. The lowest BCUT2D eigenvalue weighted by Gasteiger charge is -2.54. The molecule has 1 heterocycles. The number of hydrogen-bond donors (Lipinski definition) is 1. The Morgan fingerprint density at radius 3 is 2.60 bits per heavy atom. The molecule has 116 valence electrons. The van der Waals surface area contributed by atoms with Gasteiger partial charge in [0, 0.05) is 24.6 Å². The summed E-state index contributed by atoms with van der Waals surface area (Å²) in [6.45, 7) is 8.52. The van der Waals surface area contributed by atoms with Gasteiger partial charge in [-0.1, -0.05) is 12.8 Å². The molecule has 2 saturated carbocycles. The van der Waals surface area contributed by atoms with Gasteiger partial charge in [-0.25, -0.2) is 0 Å². The molecule has 0 aromatic rings. The third-order valence-corrected chi connectivity index (χ3v) is 5.35. The maximum absolute atomic E-state index is 5.95. The van der Waals surface area contributed by atoms with Gasteiger partial charge < -0.3 is 19.5 Å². The van der Waals surface area contributed by atoms with Crippen LogP contribution in [0, 0.1) is 5.41 Å².